The molecule has 0 unspecified atom stereocenters. The molecule has 1 N–H and O–H groups in total. The summed E-state index contributed by atoms with van der Waals surface area (Å²) < 4.78 is 0. The van der Waals surface area contributed by atoms with E-state index < -0.39 is 5.97 Å². The zero-order valence-electron chi connectivity index (χ0n) is 11.4. The topological polar surface area (TPSA) is 57.6 Å². The van der Waals surface area contributed by atoms with Gasteiger partial charge in [-0.25, -0.2) is 4.79 Å². The first kappa shape index (κ1) is 13.8. The van der Waals surface area contributed by atoms with Crippen LogP contribution in [0.3, 0.4) is 0 Å². The molecule has 1 aliphatic rings. The van der Waals surface area contributed by atoms with Crippen LogP contribution in [0.2, 0.25) is 0 Å². The molecule has 3 rings (SSSR count). The maximum Gasteiger partial charge on any atom is 0.335 e. The minimum absolute atomic E-state index is 0.0970. The van der Waals surface area contributed by atoms with Crippen molar-refractivity contribution < 1.29 is 14.7 Å². The van der Waals surface area contributed by atoms with Gasteiger partial charge in [-0.2, -0.15) is 11.3 Å². The molecule has 0 atom stereocenters. The van der Waals surface area contributed by atoms with Gasteiger partial charge in [-0.05, 0) is 46.0 Å². The van der Waals surface area contributed by atoms with Crippen LogP contribution in [0.25, 0.3) is 0 Å². The molecule has 0 aliphatic carbocycles. The van der Waals surface area contributed by atoms with Crippen LogP contribution in [0.4, 0.5) is 0 Å². The molecule has 4 nitrogen and oxygen atoms in total. The molecule has 1 aromatic heterocycles. The summed E-state index contributed by atoms with van der Waals surface area (Å²) in [5.41, 5.74) is 3.21. The van der Waals surface area contributed by atoms with Gasteiger partial charge in [0.25, 0.3) is 0 Å². The van der Waals surface area contributed by atoms with E-state index in [4.69, 9.17) is 0 Å². The molecule has 2 aromatic rings. The zero-order chi connectivity index (χ0) is 14.8. The number of aromatic carboxylic acids is 1. The molecule has 0 bridgehead atoms. The average Bonchev–Trinajstić information content (AvgIpc) is 2.98. The molecule has 0 saturated carbocycles. The number of rotatable bonds is 3. The van der Waals surface area contributed by atoms with Crippen LogP contribution in [0.5, 0.6) is 0 Å². The largest absolute Gasteiger partial charge is 0.478 e. The van der Waals surface area contributed by atoms with Crippen LogP contribution >= 0.6 is 11.3 Å². The third kappa shape index (κ3) is 2.83. The summed E-state index contributed by atoms with van der Waals surface area (Å²) in [5, 5.41) is 13.2. The van der Waals surface area contributed by atoms with E-state index in [-0.39, 0.29) is 5.91 Å². The van der Waals surface area contributed by atoms with Gasteiger partial charge in [-0.1, -0.05) is 12.1 Å². The number of hydrogen-bond acceptors (Lipinski definition) is 3. The van der Waals surface area contributed by atoms with Crippen molar-refractivity contribution in [2.24, 2.45) is 0 Å². The Labute approximate surface area is 126 Å². The number of thiophene rings is 1. The fraction of sp³-hybridized carbons (Fsp3) is 0.250. The fourth-order valence-corrected chi connectivity index (χ4v) is 3.37. The number of carboxylic acid groups (broad SMARTS) is 1. The van der Waals surface area contributed by atoms with Crippen molar-refractivity contribution in [1.29, 1.82) is 0 Å². The quantitative estimate of drug-likeness (QED) is 0.948. The Morgan fingerprint density at radius 3 is 2.86 bits per heavy atom. The first-order chi connectivity index (χ1) is 10.1. The third-order valence-corrected chi connectivity index (χ3v) is 4.52. The summed E-state index contributed by atoms with van der Waals surface area (Å²) in [4.78, 5) is 25.3. The lowest BCUT2D eigenvalue weighted by molar-refractivity contribution is -0.131. The molecule has 0 spiro atoms. The maximum absolute atomic E-state index is 12.3. The van der Waals surface area contributed by atoms with Gasteiger partial charge < -0.3 is 10.0 Å². The van der Waals surface area contributed by atoms with Gasteiger partial charge in [0.2, 0.25) is 5.91 Å². The lowest BCUT2D eigenvalue weighted by Crippen LogP contribution is -2.37. The van der Waals surface area contributed by atoms with E-state index in [1.807, 2.05) is 27.8 Å². The minimum Gasteiger partial charge on any atom is -0.478 e. The van der Waals surface area contributed by atoms with Crippen molar-refractivity contribution in [1.82, 2.24) is 4.90 Å². The summed E-state index contributed by atoms with van der Waals surface area (Å²) in [6, 6.07) is 7.24. The van der Waals surface area contributed by atoms with Gasteiger partial charge in [0, 0.05) is 13.1 Å². The maximum atomic E-state index is 12.3. The van der Waals surface area contributed by atoms with Crippen LogP contribution in [0, 0.1) is 0 Å². The van der Waals surface area contributed by atoms with Gasteiger partial charge in [0.15, 0.2) is 0 Å². The predicted molar refractivity (Wildman–Crippen MR) is 80.5 cm³/mol. The van der Waals surface area contributed by atoms with Crippen molar-refractivity contribution in [2.45, 2.75) is 19.4 Å². The standard InChI is InChI=1S/C16H15NO3S/c18-15(8-11-5-7-21-10-11)17-6-4-13-12(9-17)2-1-3-14(13)16(19)20/h1-3,5,7,10H,4,6,8-9H2,(H,19,20). The van der Waals surface area contributed by atoms with E-state index in [1.165, 1.54) is 0 Å². The summed E-state index contributed by atoms with van der Waals surface area (Å²) in [5.74, 6) is -0.801. The van der Waals surface area contributed by atoms with Crippen LogP contribution in [-0.2, 0) is 24.2 Å². The number of nitrogens with zero attached hydrogens (tertiary/aromatic N) is 1. The highest BCUT2D eigenvalue weighted by Gasteiger charge is 2.24. The number of amides is 1. The van der Waals surface area contributed by atoms with Crippen LogP contribution < -0.4 is 0 Å². The first-order valence-electron chi connectivity index (χ1n) is 6.78. The molecule has 1 aromatic carbocycles. The summed E-state index contributed by atoms with van der Waals surface area (Å²) in [7, 11) is 0. The fourth-order valence-electron chi connectivity index (χ4n) is 2.70. The van der Waals surface area contributed by atoms with Crippen molar-refractivity contribution in [3.05, 3.63) is 57.3 Å². The van der Waals surface area contributed by atoms with Crippen molar-refractivity contribution in [3.63, 3.8) is 0 Å². The molecule has 21 heavy (non-hydrogen) atoms. The van der Waals surface area contributed by atoms with Gasteiger partial charge in [-0.3, -0.25) is 4.79 Å². The number of carbonyl (C=O) groups excluding carboxylic acids is 1. The van der Waals surface area contributed by atoms with Gasteiger partial charge in [0.1, 0.15) is 0 Å². The Hall–Kier alpha value is -2.14. The SMILES string of the molecule is O=C(O)c1cccc2c1CCN(C(=O)Cc1ccsc1)C2. The molecule has 108 valence electrons. The summed E-state index contributed by atoms with van der Waals surface area (Å²) >= 11 is 1.59. The van der Waals surface area contributed by atoms with E-state index in [0.717, 1.165) is 16.7 Å². The van der Waals surface area contributed by atoms with Gasteiger partial charge in [0.05, 0.1) is 12.0 Å². The second-order valence-corrected chi connectivity index (χ2v) is 5.90. The van der Waals surface area contributed by atoms with Crippen LogP contribution in [0.1, 0.15) is 27.0 Å². The molecule has 0 radical (unpaired) electrons. The highest BCUT2D eigenvalue weighted by molar-refractivity contribution is 7.08. The number of carbonyl (C=O) groups is 2. The summed E-state index contributed by atoms with van der Waals surface area (Å²) in [6.07, 6.45) is 1.02. The number of fused-ring (bicyclic) bond motifs is 1. The second kappa shape index (κ2) is 5.69. The van der Waals surface area contributed by atoms with E-state index in [9.17, 15) is 14.7 Å². The van der Waals surface area contributed by atoms with Crippen molar-refractivity contribution in [2.75, 3.05) is 6.54 Å². The third-order valence-electron chi connectivity index (χ3n) is 3.78. The summed E-state index contributed by atoms with van der Waals surface area (Å²) in [6.45, 7) is 1.08. The van der Waals surface area contributed by atoms with E-state index >= 15 is 0 Å². The van der Waals surface area contributed by atoms with E-state index in [1.54, 1.807) is 23.5 Å². The highest BCUT2D eigenvalue weighted by Crippen LogP contribution is 2.23. The highest BCUT2D eigenvalue weighted by atomic mass is 32.1. The number of benzene rings is 1. The Balaban J connectivity index is 1.77. The monoisotopic (exact) mass is 301 g/mol. The van der Waals surface area contributed by atoms with Crippen molar-refractivity contribution >= 4 is 23.2 Å². The smallest absolute Gasteiger partial charge is 0.335 e. The average molecular weight is 301 g/mol. The number of carboxylic acids is 1. The number of hydrogen-bond donors (Lipinski definition) is 1. The lowest BCUT2D eigenvalue weighted by Gasteiger charge is -2.29. The molecule has 0 fully saturated rings. The molecular formula is C16H15NO3S. The van der Waals surface area contributed by atoms with E-state index in [2.05, 4.69) is 0 Å². The Bertz CT molecular complexity index is 679. The molecular weight excluding hydrogens is 286 g/mol. The van der Waals surface area contributed by atoms with Crippen LogP contribution in [0.15, 0.2) is 35.0 Å². The normalized spacial score (nSPS) is 13.8. The lowest BCUT2D eigenvalue weighted by atomic mass is 9.94. The second-order valence-electron chi connectivity index (χ2n) is 5.12. The first-order valence-corrected chi connectivity index (χ1v) is 7.72. The minimum atomic E-state index is -0.898. The Kier molecular flexibility index (Phi) is 3.75. The molecule has 5 heteroatoms. The van der Waals surface area contributed by atoms with Crippen LogP contribution in [-0.4, -0.2) is 28.4 Å². The van der Waals surface area contributed by atoms with Gasteiger partial charge in [-0.15, -0.1) is 0 Å². The zero-order valence-corrected chi connectivity index (χ0v) is 12.2. The molecule has 1 amide bonds. The Morgan fingerprint density at radius 1 is 1.29 bits per heavy atom. The Morgan fingerprint density at radius 2 is 2.14 bits per heavy atom. The van der Waals surface area contributed by atoms with E-state index in [0.29, 0.717) is 31.5 Å². The van der Waals surface area contributed by atoms with Crippen molar-refractivity contribution in [3.8, 4) is 0 Å². The molecule has 2 heterocycles. The molecule has 1 aliphatic heterocycles. The predicted octanol–water partition coefficient (Wildman–Crippen LogP) is 2.57. The molecule has 0 saturated heterocycles. The van der Waals surface area contributed by atoms with Gasteiger partial charge >= 0.3 is 5.97 Å².